The molecule has 264 valence electrons. The SMILES string of the molecule is CCCOC1C(OCCC)C(OP(=O)(O)OCC(=O)O)C(OP(=O)(O)OCC(=O)O)C(OP(=O)(O)OCC(=O)O)C1OCCC. The van der Waals surface area contributed by atoms with Crippen molar-refractivity contribution in [2.45, 2.75) is 76.7 Å². The van der Waals surface area contributed by atoms with Crippen molar-refractivity contribution in [2.24, 2.45) is 0 Å². The van der Waals surface area contributed by atoms with Gasteiger partial charge in [0.15, 0.2) is 19.8 Å². The van der Waals surface area contributed by atoms with E-state index >= 15 is 0 Å². The van der Waals surface area contributed by atoms with Crippen LogP contribution in [0, 0.1) is 0 Å². The third-order valence-electron chi connectivity index (χ3n) is 5.30. The lowest BCUT2D eigenvalue weighted by atomic mass is 9.84. The first-order valence-electron chi connectivity index (χ1n) is 13.4. The van der Waals surface area contributed by atoms with Crippen LogP contribution in [0.25, 0.3) is 0 Å². The standard InChI is InChI=1S/C21H39O21P3/c1-4-7-34-16-17(35-8-5-2)19(40-43(28,29)37-10-13(22)23)21(42-45(32,33)39-12-15(26)27)20(18(16)36-9-6-3)41-44(30,31)38-11-14(24)25/h16-21H,4-12H2,1-3H3,(H,22,23)(H,24,25)(H,26,27)(H,28,29)(H,30,31)(H,32,33). The van der Waals surface area contributed by atoms with Gasteiger partial charge in [0.1, 0.15) is 36.6 Å². The Bertz CT molecular complexity index is 1040. The Morgan fingerprint density at radius 2 is 0.711 bits per heavy atom. The molecule has 21 nitrogen and oxygen atoms in total. The normalized spacial score (nSPS) is 27.6. The maximum Gasteiger partial charge on any atom is 0.473 e. The first kappa shape index (κ1) is 41.6. The van der Waals surface area contributed by atoms with Crippen LogP contribution < -0.4 is 0 Å². The first-order chi connectivity index (χ1) is 20.9. The molecule has 1 rings (SSSR count). The van der Waals surface area contributed by atoms with Crippen LogP contribution in [0.5, 0.6) is 0 Å². The Balaban J connectivity index is 3.92. The molecule has 0 amide bonds. The molecule has 0 aromatic heterocycles. The van der Waals surface area contributed by atoms with Gasteiger partial charge in [0, 0.05) is 19.8 Å². The summed E-state index contributed by atoms with van der Waals surface area (Å²) in [5.74, 6) is -5.11. The lowest BCUT2D eigenvalue weighted by Crippen LogP contribution is -2.67. The van der Waals surface area contributed by atoms with E-state index in [1.807, 2.05) is 0 Å². The fourth-order valence-corrected chi connectivity index (χ4v) is 6.42. The third kappa shape index (κ3) is 15.4. The van der Waals surface area contributed by atoms with E-state index in [1.54, 1.807) is 20.8 Å². The molecule has 45 heavy (non-hydrogen) atoms. The molecule has 0 bridgehead atoms. The Kier molecular flexibility index (Phi) is 18.0. The van der Waals surface area contributed by atoms with Gasteiger partial charge in [0.25, 0.3) is 0 Å². The van der Waals surface area contributed by atoms with Crippen molar-refractivity contribution in [3.63, 3.8) is 0 Å². The van der Waals surface area contributed by atoms with Gasteiger partial charge >= 0.3 is 41.4 Å². The highest BCUT2D eigenvalue weighted by Gasteiger charge is 2.60. The van der Waals surface area contributed by atoms with Crippen LogP contribution in [0.2, 0.25) is 0 Å². The van der Waals surface area contributed by atoms with E-state index in [9.17, 15) is 42.8 Å². The van der Waals surface area contributed by atoms with Crippen LogP contribution >= 0.6 is 23.5 Å². The quantitative estimate of drug-likeness (QED) is 0.0762. The number of rotatable bonds is 24. The van der Waals surface area contributed by atoms with Crippen LogP contribution in [0.3, 0.4) is 0 Å². The minimum absolute atomic E-state index is 0.0492. The molecule has 0 spiro atoms. The van der Waals surface area contributed by atoms with Crippen LogP contribution in [-0.4, -0.2) is 124 Å². The van der Waals surface area contributed by atoms with E-state index in [1.165, 1.54) is 0 Å². The van der Waals surface area contributed by atoms with E-state index in [2.05, 4.69) is 13.6 Å². The highest BCUT2D eigenvalue weighted by Crippen LogP contribution is 2.55. The molecule has 1 aliphatic carbocycles. The Hall–Kier alpha value is -1.38. The molecule has 0 radical (unpaired) electrons. The first-order valence-corrected chi connectivity index (χ1v) is 17.8. The van der Waals surface area contributed by atoms with Gasteiger partial charge in [-0.15, -0.1) is 0 Å². The lowest BCUT2D eigenvalue weighted by Gasteiger charge is -2.49. The maximum atomic E-state index is 12.9. The molecule has 1 aliphatic rings. The highest BCUT2D eigenvalue weighted by molar-refractivity contribution is 7.48. The summed E-state index contributed by atoms with van der Waals surface area (Å²) in [6.45, 7) is 0.633. The fraction of sp³-hybridized carbons (Fsp3) is 0.857. The summed E-state index contributed by atoms with van der Waals surface area (Å²) in [6.07, 6.45) is -10.4. The van der Waals surface area contributed by atoms with Crippen molar-refractivity contribution in [2.75, 3.05) is 39.6 Å². The van der Waals surface area contributed by atoms with Crippen molar-refractivity contribution in [3.05, 3.63) is 0 Å². The van der Waals surface area contributed by atoms with Crippen molar-refractivity contribution in [1.29, 1.82) is 0 Å². The molecule has 0 aliphatic heterocycles. The topological polar surface area (TPSA) is 307 Å². The van der Waals surface area contributed by atoms with Crippen molar-refractivity contribution in [1.82, 2.24) is 0 Å². The van der Waals surface area contributed by atoms with Crippen LogP contribution in [0.15, 0.2) is 0 Å². The molecule has 24 heteroatoms. The Morgan fingerprint density at radius 1 is 0.489 bits per heavy atom. The van der Waals surface area contributed by atoms with Gasteiger partial charge in [-0.3, -0.25) is 27.1 Å². The molecule has 0 aromatic rings. The monoisotopic (exact) mass is 720 g/mol. The largest absolute Gasteiger partial charge is 0.480 e. The zero-order chi connectivity index (χ0) is 34.4. The van der Waals surface area contributed by atoms with E-state index in [0.29, 0.717) is 19.3 Å². The number of aliphatic carboxylic acids is 3. The number of carbonyl (C=O) groups is 3. The molecule has 7 atom stereocenters. The van der Waals surface area contributed by atoms with E-state index in [4.69, 9.17) is 43.1 Å². The molecule has 0 heterocycles. The van der Waals surface area contributed by atoms with Gasteiger partial charge in [-0.05, 0) is 19.3 Å². The Morgan fingerprint density at radius 3 is 0.933 bits per heavy atom. The second-order valence-corrected chi connectivity index (χ2v) is 13.3. The van der Waals surface area contributed by atoms with Crippen molar-refractivity contribution >= 4 is 41.4 Å². The summed E-state index contributed by atoms with van der Waals surface area (Å²) in [6, 6.07) is 0. The molecular formula is C21H39O21P3. The lowest BCUT2D eigenvalue weighted by molar-refractivity contribution is -0.248. The molecule has 1 saturated carbocycles. The predicted octanol–water partition coefficient (Wildman–Crippen LogP) is 1.15. The summed E-state index contributed by atoms with van der Waals surface area (Å²) in [4.78, 5) is 64.1. The van der Waals surface area contributed by atoms with Crippen LogP contribution in [0.4, 0.5) is 0 Å². The van der Waals surface area contributed by atoms with Gasteiger partial charge in [-0.2, -0.15) is 0 Å². The smallest absolute Gasteiger partial charge is 0.473 e. The zero-order valence-corrected chi connectivity index (χ0v) is 27.2. The summed E-state index contributed by atoms with van der Waals surface area (Å²) in [7, 11) is -16.4. The van der Waals surface area contributed by atoms with E-state index < -0.39 is 97.8 Å². The summed E-state index contributed by atoms with van der Waals surface area (Å²) < 4.78 is 84.9. The number of phosphoric acid groups is 3. The van der Waals surface area contributed by atoms with Crippen molar-refractivity contribution < 1.29 is 99.4 Å². The minimum Gasteiger partial charge on any atom is -0.480 e. The molecule has 6 N–H and O–H groups in total. The number of phosphoric ester groups is 3. The van der Waals surface area contributed by atoms with Gasteiger partial charge in [-0.25, -0.2) is 28.1 Å². The van der Waals surface area contributed by atoms with Gasteiger partial charge in [0.2, 0.25) is 0 Å². The average Bonchev–Trinajstić information content (AvgIpc) is 2.93. The summed E-state index contributed by atoms with van der Waals surface area (Å²) in [5.41, 5.74) is 0. The predicted molar refractivity (Wildman–Crippen MR) is 145 cm³/mol. The number of carboxylic acid groups (broad SMARTS) is 3. The number of ether oxygens (including phenoxy) is 3. The Labute approximate surface area is 257 Å². The average molecular weight is 720 g/mol. The van der Waals surface area contributed by atoms with E-state index in [-0.39, 0.29) is 19.8 Å². The molecule has 7 unspecified atom stereocenters. The van der Waals surface area contributed by atoms with Crippen molar-refractivity contribution in [3.8, 4) is 0 Å². The van der Waals surface area contributed by atoms with Gasteiger partial charge < -0.3 is 44.2 Å². The third-order valence-corrected chi connectivity index (χ3v) is 8.20. The molecule has 1 fully saturated rings. The van der Waals surface area contributed by atoms with Gasteiger partial charge in [-0.1, -0.05) is 20.8 Å². The number of hydrogen-bond donors (Lipinski definition) is 6. The fourth-order valence-electron chi connectivity index (χ4n) is 3.78. The number of carboxylic acids is 3. The molecular weight excluding hydrogens is 681 g/mol. The van der Waals surface area contributed by atoms with Gasteiger partial charge in [0.05, 0.1) is 0 Å². The molecule has 0 aromatic carbocycles. The summed E-state index contributed by atoms with van der Waals surface area (Å²) >= 11 is 0. The van der Waals surface area contributed by atoms with Crippen LogP contribution in [0.1, 0.15) is 40.0 Å². The summed E-state index contributed by atoms with van der Waals surface area (Å²) in [5, 5.41) is 26.7. The van der Waals surface area contributed by atoms with E-state index in [0.717, 1.165) is 0 Å². The van der Waals surface area contributed by atoms with Crippen LogP contribution in [-0.2, 0) is 69.4 Å². The second kappa shape index (κ2) is 19.4. The minimum atomic E-state index is -5.53. The number of hydrogen-bond acceptors (Lipinski definition) is 15. The molecule has 0 saturated heterocycles. The highest BCUT2D eigenvalue weighted by atomic mass is 31.2. The second-order valence-electron chi connectivity index (χ2n) is 9.12. The maximum absolute atomic E-state index is 12.9. The zero-order valence-electron chi connectivity index (χ0n) is 24.5.